The number of nitrogens with one attached hydrogen (secondary N) is 1. The Morgan fingerprint density at radius 3 is 2.27 bits per heavy atom. The quantitative estimate of drug-likeness (QED) is 0.315. The van der Waals surface area contributed by atoms with Crippen LogP contribution in [0.3, 0.4) is 0 Å². The summed E-state index contributed by atoms with van der Waals surface area (Å²) in [5.41, 5.74) is -1.07. The predicted octanol–water partition coefficient (Wildman–Crippen LogP) is 6.51. The molecule has 1 saturated carbocycles. The summed E-state index contributed by atoms with van der Waals surface area (Å²) < 4.78 is 110. The van der Waals surface area contributed by atoms with Gasteiger partial charge in [0.1, 0.15) is 5.75 Å². The monoisotopic (exact) mass is 567 g/mol. The first-order valence-electron chi connectivity index (χ1n) is 10.9. The van der Waals surface area contributed by atoms with Crippen molar-refractivity contribution in [3.05, 3.63) is 64.7 Å². The second kappa shape index (κ2) is 9.52. The molecule has 4 rings (SSSR count). The second-order valence-electron chi connectivity index (χ2n) is 8.53. The molecule has 1 aliphatic carbocycles. The molecule has 1 heterocycles. The normalized spacial score (nSPS) is 15.6. The summed E-state index contributed by atoms with van der Waals surface area (Å²) in [4.78, 5) is 0. The van der Waals surface area contributed by atoms with Gasteiger partial charge in [-0.3, -0.25) is 0 Å². The maximum Gasteiger partial charge on any atom is 0.416 e. The van der Waals surface area contributed by atoms with Gasteiger partial charge >= 0.3 is 12.4 Å². The predicted molar refractivity (Wildman–Crippen MR) is 124 cm³/mol. The fraction of sp³-hybridized carbons (Fsp3) is 0.348. The minimum Gasteiger partial charge on any atom is -0.439 e. The minimum atomic E-state index is -4.90. The Labute approximate surface area is 213 Å². The van der Waals surface area contributed by atoms with Crippen LogP contribution >= 0.6 is 11.6 Å². The number of aryl methyl sites for hydroxylation is 1. The van der Waals surface area contributed by atoms with Crippen molar-refractivity contribution in [2.24, 2.45) is 0 Å². The van der Waals surface area contributed by atoms with Crippen LogP contribution in [0.4, 0.5) is 26.3 Å². The van der Waals surface area contributed by atoms with Gasteiger partial charge in [-0.2, -0.15) is 31.4 Å². The molecule has 1 N–H and O–H groups in total. The van der Waals surface area contributed by atoms with Crippen molar-refractivity contribution in [2.75, 3.05) is 5.75 Å². The standard InChI is InChI=1S/C23H20ClF6N3O3S/c1-2-33-19(36-15-8-6-14(7-9-15)23(28,29)30)12-18(31-33)16-4-3-5-17(20(16)24)21(10-11-21)32-37(34,35)13-22(25,26)27/h3-9,12,32H,2,10-11,13H2,1H3. The fourth-order valence-corrected chi connectivity index (χ4v) is 5.69. The third kappa shape index (κ3) is 6.21. The molecule has 37 heavy (non-hydrogen) atoms. The van der Waals surface area contributed by atoms with E-state index >= 15 is 0 Å². The van der Waals surface area contributed by atoms with Crippen LogP contribution in [0.15, 0.2) is 48.5 Å². The van der Waals surface area contributed by atoms with E-state index in [0.29, 0.717) is 23.4 Å². The molecular formula is C23H20ClF6N3O3S. The van der Waals surface area contributed by atoms with Gasteiger partial charge < -0.3 is 4.74 Å². The van der Waals surface area contributed by atoms with Gasteiger partial charge in [-0.15, -0.1) is 0 Å². The lowest BCUT2D eigenvalue weighted by molar-refractivity contribution is -0.137. The molecule has 14 heteroatoms. The summed E-state index contributed by atoms with van der Waals surface area (Å²) >= 11 is 6.60. The zero-order chi connectivity index (χ0) is 27.2. The van der Waals surface area contributed by atoms with Gasteiger partial charge in [-0.05, 0) is 49.6 Å². The molecule has 0 amide bonds. The molecule has 0 spiro atoms. The summed E-state index contributed by atoms with van der Waals surface area (Å²) in [6.45, 7) is 2.11. The van der Waals surface area contributed by atoms with Crippen LogP contribution in [-0.4, -0.2) is 30.1 Å². The summed E-state index contributed by atoms with van der Waals surface area (Å²) in [5.74, 6) is -1.65. The summed E-state index contributed by atoms with van der Waals surface area (Å²) in [7, 11) is -4.67. The van der Waals surface area contributed by atoms with Gasteiger partial charge in [0.15, 0.2) is 5.75 Å². The smallest absolute Gasteiger partial charge is 0.416 e. The minimum absolute atomic E-state index is 0.108. The van der Waals surface area contributed by atoms with Crippen molar-refractivity contribution in [1.82, 2.24) is 14.5 Å². The second-order valence-corrected chi connectivity index (χ2v) is 10.6. The van der Waals surface area contributed by atoms with E-state index in [1.807, 2.05) is 0 Å². The highest BCUT2D eigenvalue weighted by molar-refractivity contribution is 7.89. The van der Waals surface area contributed by atoms with Crippen molar-refractivity contribution in [3.63, 3.8) is 0 Å². The highest BCUT2D eigenvalue weighted by atomic mass is 35.5. The van der Waals surface area contributed by atoms with E-state index in [0.717, 1.165) is 12.1 Å². The van der Waals surface area contributed by atoms with E-state index < -0.39 is 39.2 Å². The van der Waals surface area contributed by atoms with Gasteiger partial charge in [0.05, 0.1) is 21.8 Å². The van der Waals surface area contributed by atoms with Crippen LogP contribution in [0.25, 0.3) is 11.3 Å². The lowest BCUT2D eigenvalue weighted by Crippen LogP contribution is -2.40. The number of halogens is 7. The van der Waals surface area contributed by atoms with E-state index in [1.165, 1.54) is 28.9 Å². The van der Waals surface area contributed by atoms with Gasteiger partial charge in [0.2, 0.25) is 15.9 Å². The maximum absolute atomic E-state index is 12.8. The van der Waals surface area contributed by atoms with Crippen LogP contribution in [0.1, 0.15) is 30.9 Å². The van der Waals surface area contributed by atoms with Crippen LogP contribution in [-0.2, 0) is 28.3 Å². The molecule has 200 valence electrons. The third-order valence-corrected chi connectivity index (χ3v) is 7.51. The average molecular weight is 568 g/mol. The Bertz CT molecular complexity index is 1400. The molecule has 0 saturated heterocycles. The topological polar surface area (TPSA) is 73.2 Å². The number of hydrogen-bond acceptors (Lipinski definition) is 4. The summed E-state index contributed by atoms with van der Waals surface area (Å²) in [6.07, 6.45) is -8.86. The molecule has 1 aliphatic rings. The molecule has 6 nitrogen and oxygen atoms in total. The van der Waals surface area contributed by atoms with Crippen molar-refractivity contribution >= 4 is 21.6 Å². The van der Waals surface area contributed by atoms with E-state index in [9.17, 15) is 34.8 Å². The van der Waals surface area contributed by atoms with Crippen molar-refractivity contribution in [3.8, 4) is 22.9 Å². The molecule has 0 bridgehead atoms. The van der Waals surface area contributed by atoms with Crippen LogP contribution in [0.5, 0.6) is 11.6 Å². The van der Waals surface area contributed by atoms with E-state index in [2.05, 4.69) is 9.82 Å². The molecule has 2 aromatic carbocycles. The molecule has 0 atom stereocenters. The van der Waals surface area contributed by atoms with Crippen molar-refractivity contribution in [1.29, 1.82) is 0 Å². The van der Waals surface area contributed by atoms with Gasteiger partial charge in [0.25, 0.3) is 0 Å². The van der Waals surface area contributed by atoms with Gasteiger partial charge in [0, 0.05) is 18.2 Å². The molecule has 3 aromatic rings. The maximum atomic E-state index is 12.8. The highest BCUT2D eigenvalue weighted by Gasteiger charge is 2.50. The number of alkyl halides is 6. The molecule has 0 unspecified atom stereocenters. The number of aromatic nitrogens is 2. The SMILES string of the molecule is CCn1nc(-c2cccc(C3(NS(=O)(=O)CC(F)(F)F)CC3)c2Cl)cc1Oc1ccc(C(F)(F)F)cc1. The lowest BCUT2D eigenvalue weighted by Gasteiger charge is -2.21. The zero-order valence-electron chi connectivity index (χ0n) is 19.1. The first kappa shape index (κ1) is 27.3. The Balaban J connectivity index is 1.62. The Morgan fingerprint density at radius 2 is 1.73 bits per heavy atom. The van der Waals surface area contributed by atoms with Gasteiger partial charge in [-0.1, -0.05) is 29.8 Å². The number of nitrogens with zero attached hydrogens (tertiary/aromatic N) is 2. The zero-order valence-corrected chi connectivity index (χ0v) is 20.7. The molecule has 0 aliphatic heterocycles. The van der Waals surface area contributed by atoms with Crippen molar-refractivity contribution in [2.45, 2.75) is 44.2 Å². The molecule has 1 aromatic heterocycles. The number of hydrogen-bond donors (Lipinski definition) is 1. The first-order valence-corrected chi connectivity index (χ1v) is 13.0. The van der Waals surface area contributed by atoms with Crippen LogP contribution < -0.4 is 9.46 Å². The van der Waals surface area contributed by atoms with E-state index in [1.54, 1.807) is 19.1 Å². The number of sulfonamides is 1. The molecule has 1 fully saturated rings. The average Bonchev–Trinajstić information content (AvgIpc) is 3.41. The number of ether oxygens (including phenoxy) is 1. The Morgan fingerprint density at radius 1 is 1.08 bits per heavy atom. The van der Waals surface area contributed by atoms with Crippen LogP contribution in [0.2, 0.25) is 5.02 Å². The molecular weight excluding hydrogens is 548 g/mol. The third-order valence-electron chi connectivity index (χ3n) is 5.69. The largest absolute Gasteiger partial charge is 0.439 e. The summed E-state index contributed by atoms with van der Waals surface area (Å²) in [6, 6.07) is 10.4. The first-order chi connectivity index (χ1) is 17.1. The summed E-state index contributed by atoms with van der Waals surface area (Å²) in [5, 5.41) is 4.53. The van der Waals surface area contributed by atoms with Crippen LogP contribution in [0, 0.1) is 0 Å². The molecule has 0 radical (unpaired) electrons. The van der Waals surface area contributed by atoms with Crippen molar-refractivity contribution < 1.29 is 39.5 Å². The van der Waals surface area contributed by atoms with E-state index in [4.69, 9.17) is 16.3 Å². The Kier molecular flexibility index (Phi) is 7.01. The fourth-order valence-electron chi connectivity index (χ4n) is 3.87. The number of benzene rings is 2. The lowest BCUT2D eigenvalue weighted by atomic mass is 10.0. The van der Waals surface area contributed by atoms with Gasteiger partial charge in [-0.25, -0.2) is 17.8 Å². The van der Waals surface area contributed by atoms with E-state index in [-0.39, 0.29) is 29.5 Å². The number of rotatable bonds is 8. The highest BCUT2D eigenvalue weighted by Crippen LogP contribution is 2.50. The Hall–Kier alpha value is -2.77.